The lowest BCUT2D eigenvalue weighted by atomic mass is 9.83. The lowest BCUT2D eigenvalue weighted by molar-refractivity contribution is 0.326. The first kappa shape index (κ1) is 12.5. The van der Waals surface area contributed by atoms with Crippen LogP contribution in [0.2, 0.25) is 0 Å². The van der Waals surface area contributed by atoms with Crippen LogP contribution >= 0.6 is 38.5 Å². The highest BCUT2D eigenvalue weighted by atomic mass is 127. The molecule has 0 spiro atoms. The second-order valence-corrected chi connectivity index (χ2v) is 6.44. The topological polar surface area (TPSA) is 26.0 Å². The van der Waals surface area contributed by atoms with Crippen LogP contribution in [0.3, 0.4) is 0 Å². The fourth-order valence-electron chi connectivity index (χ4n) is 1.23. The lowest BCUT2D eigenvalue weighted by Crippen LogP contribution is -2.26. The molecule has 2 N–H and O–H groups in total. The Morgan fingerprint density at radius 1 is 1.36 bits per heavy atom. The number of hydrogen-bond donors (Lipinski definition) is 1. The summed E-state index contributed by atoms with van der Waals surface area (Å²) < 4.78 is 2.34. The van der Waals surface area contributed by atoms with Crippen molar-refractivity contribution in [3.8, 4) is 0 Å². The molecule has 0 aliphatic rings. The minimum atomic E-state index is 0.0617. The molecule has 14 heavy (non-hydrogen) atoms. The first-order chi connectivity index (χ1) is 6.34. The number of nitrogens with two attached hydrogens (primary N) is 1. The van der Waals surface area contributed by atoms with Gasteiger partial charge in [0.05, 0.1) is 0 Å². The average Bonchev–Trinajstić information content (AvgIpc) is 2.07. The molecule has 0 saturated carbocycles. The van der Waals surface area contributed by atoms with Crippen molar-refractivity contribution in [3.63, 3.8) is 0 Å². The molecule has 1 aromatic carbocycles. The van der Waals surface area contributed by atoms with Gasteiger partial charge in [-0.05, 0) is 55.6 Å². The molecule has 1 nitrogen and oxygen atoms in total. The first-order valence-electron chi connectivity index (χ1n) is 4.53. The largest absolute Gasteiger partial charge is 0.323 e. The van der Waals surface area contributed by atoms with Gasteiger partial charge in [0.1, 0.15) is 0 Å². The van der Waals surface area contributed by atoms with Gasteiger partial charge in [0.25, 0.3) is 0 Å². The number of hydrogen-bond acceptors (Lipinski definition) is 1. The van der Waals surface area contributed by atoms with E-state index in [1.165, 1.54) is 9.13 Å². The highest BCUT2D eigenvalue weighted by Crippen LogP contribution is 2.36. The van der Waals surface area contributed by atoms with Crippen molar-refractivity contribution in [1.82, 2.24) is 0 Å². The zero-order chi connectivity index (χ0) is 10.9. The average molecular weight is 368 g/mol. The van der Waals surface area contributed by atoms with Crippen molar-refractivity contribution in [2.45, 2.75) is 26.8 Å². The predicted octanol–water partition coefficient (Wildman–Crippen LogP) is 4.10. The smallest absolute Gasteiger partial charge is 0.0356 e. The zero-order valence-electron chi connectivity index (χ0n) is 8.64. The van der Waals surface area contributed by atoms with Gasteiger partial charge in [0, 0.05) is 14.1 Å². The molecule has 0 aliphatic heterocycles. The highest BCUT2D eigenvalue weighted by molar-refractivity contribution is 14.1. The van der Waals surface area contributed by atoms with Crippen LogP contribution in [0.5, 0.6) is 0 Å². The quantitative estimate of drug-likeness (QED) is 0.743. The summed E-state index contributed by atoms with van der Waals surface area (Å²) in [6.07, 6.45) is 0. The fraction of sp³-hybridized carbons (Fsp3) is 0.455. The van der Waals surface area contributed by atoms with E-state index in [1.54, 1.807) is 0 Å². The van der Waals surface area contributed by atoms with Crippen LogP contribution < -0.4 is 5.73 Å². The van der Waals surface area contributed by atoms with Crippen LogP contribution in [0.25, 0.3) is 0 Å². The van der Waals surface area contributed by atoms with Crippen molar-refractivity contribution in [1.29, 1.82) is 0 Å². The third-order valence-electron chi connectivity index (χ3n) is 2.25. The zero-order valence-corrected chi connectivity index (χ0v) is 12.4. The summed E-state index contributed by atoms with van der Waals surface area (Å²) in [6, 6.07) is 6.27. The van der Waals surface area contributed by atoms with Crippen molar-refractivity contribution in [2.24, 2.45) is 11.1 Å². The summed E-state index contributed by atoms with van der Waals surface area (Å²) in [5.41, 5.74) is 7.48. The predicted molar refractivity (Wildman–Crippen MR) is 73.2 cm³/mol. The van der Waals surface area contributed by atoms with Crippen LogP contribution in [-0.2, 0) is 0 Å². The number of rotatable bonds is 1. The van der Waals surface area contributed by atoms with Gasteiger partial charge in [-0.25, -0.2) is 0 Å². The minimum absolute atomic E-state index is 0.0617. The molecular weight excluding hydrogens is 353 g/mol. The molecule has 0 bridgehead atoms. The van der Waals surface area contributed by atoms with E-state index in [4.69, 9.17) is 5.73 Å². The van der Waals surface area contributed by atoms with Crippen molar-refractivity contribution in [3.05, 3.63) is 31.8 Å². The van der Waals surface area contributed by atoms with Gasteiger partial charge >= 0.3 is 0 Å². The molecule has 1 rings (SSSR count). The van der Waals surface area contributed by atoms with E-state index < -0.39 is 0 Å². The lowest BCUT2D eigenvalue weighted by Gasteiger charge is -2.28. The Balaban J connectivity index is 3.14. The van der Waals surface area contributed by atoms with Gasteiger partial charge in [-0.1, -0.05) is 32.9 Å². The second kappa shape index (κ2) is 4.49. The molecule has 0 amide bonds. The first-order valence-corrected chi connectivity index (χ1v) is 6.40. The molecule has 0 heterocycles. The third-order valence-corrected chi connectivity index (χ3v) is 4.77. The van der Waals surface area contributed by atoms with Gasteiger partial charge in [0.15, 0.2) is 0 Å². The summed E-state index contributed by atoms with van der Waals surface area (Å²) in [4.78, 5) is 0. The standard InChI is InChI=1S/C11H15BrIN/c1-11(2,3)10(14)7-5-4-6-8(13)9(7)12/h4-6,10H,14H2,1-3H3/t10-/m1/s1. The van der Waals surface area contributed by atoms with Gasteiger partial charge in [-0.2, -0.15) is 0 Å². The molecule has 0 aromatic heterocycles. The molecule has 0 aliphatic carbocycles. The molecule has 3 heteroatoms. The van der Waals surface area contributed by atoms with Crippen LogP contribution in [0.1, 0.15) is 32.4 Å². The van der Waals surface area contributed by atoms with Crippen molar-refractivity contribution < 1.29 is 0 Å². The fourth-order valence-corrected chi connectivity index (χ4v) is 2.26. The molecule has 0 unspecified atom stereocenters. The molecule has 0 fully saturated rings. The molecule has 1 atom stereocenters. The van der Waals surface area contributed by atoms with E-state index in [2.05, 4.69) is 71.4 Å². The van der Waals surface area contributed by atoms with E-state index in [1.807, 2.05) is 6.07 Å². The Morgan fingerprint density at radius 3 is 2.43 bits per heavy atom. The monoisotopic (exact) mass is 367 g/mol. The maximum Gasteiger partial charge on any atom is 0.0356 e. The summed E-state index contributed by atoms with van der Waals surface area (Å²) in [5, 5.41) is 0. The Morgan fingerprint density at radius 2 is 1.93 bits per heavy atom. The van der Waals surface area contributed by atoms with Gasteiger partial charge < -0.3 is 5.73 Å². The van der Waals surface area contributed by atoms with Gasteiger partial charge in [-0.3, -0.25) is 0 Å². The maximum absolute atomic E-state index is 6.21. The molecule has 0 saturated heterocycles. The Kier molecular flexibility index (Phi) is 4.00. The third kappa shape index (κ3) is 2.70. The molecule has 1 aromatic rings. The molecular formula is C11H15BrIN. The summed E-state index contributed by atoms with van der Waals surface area (Å²) in [6.45, 7) is 6.47. The number of benzene rings is 1. The van der Waals surface area contributed by atoms with E-state index in [-0.39, 0.29) is 11.5 Å². The van der Waals surface area contributed by atoms with E-state index in [0.29, 0.717) is 0 Å². The number of halogens is 2. The highest BCUT2D eigenvalue weighted by Gasteiger charge is 2.24. The maximum atomic E-state index is 6.21. The van der Waals surface area contributed by atoms with Crippen molar-refractivity contribution >= 4 is 38.5 Å². The summed E-state index contributed by atoms with van der Waals surface area (Å²) in [5.74, 6) is 0. The Labute approximate surface area is 108 Å². The van der Waals surface area contributed by atoms with Crippen LogP contribution in [0.15, 0.2) is 22.7 Å². The summed E-state index contributed by atoms with van der Waals surface area (Å²) in [7, 11) is 0. The van der Waals surface area contributed by atoms with Gasteiger partial charge in [0.2, 0.25) is 0 Å². The molecule has 78 valence electrons. The van der Waals surface area contributed by atoms with Crippen LogP contribution in [0.4, 0.5) is 0 Å². The van der Waals surface area contributed by atoms with Gasteiger partial charge in [-0.15, -0.1) is 0 Å². The Hall–Kier alpha value is 0.390. The normalized spacial score (nSPS) is 14.1. The second-order valence-electron chi connectivity index (χ2n) is 4.49. The van der Waals surface area contributed by atoms with Crippen LogP contribution in [-0.4, -0.2) is 0 Å². The SMILES string of the molecule is CC(C)(C)[C@H](N)c1cccc(I)c1Br. The van der Waals surface area contributed by atoms with E-state index >= 15 is 0 Å². The Bertz CT molecular complexity index is 331. The van der Waals surface area contributed by atoms with Crippen molar-refractivity contribution in [2.75, 3.05) is 0 Å². The summed E-state index contributed by atoms with van der Waals surface area (Å²) >= 11 is 5.89. The van der Waals surface area contributed by atoms with E-state index in [0.717, 1.165) is 4.47 Å². The van der Waals surface area contributed by atoms with E-state index in [9.17, 15) is 0 Å². The van der Waals surface area contributed by atoms with Crippen LogP contribution in [0, 0.1) is 8.99 Å². The molecule has 0 radical (unpaired) electrons. The minimum Gasteiger partial charge on any atom is -0.323 e.